The Hall–Kier alpha value is -0.870. The molecule has 7 atom stereocenters. The molecule has 3 rings (SSSR count). The van der Waals surface area contributed by atoms with Crippen LogP contribution in [0.2, 0.25) is 0 Å². The van der Waals surface area contributed by atoms with Crippen LogP contribution in [0.15, 0.2) is 12.2 Å². The van der Waals surface area contributed by atoms with E-state index >= 15 is 0 Å². The number of rotatable bonds is 0. The van der Waals surface area contributed by atoms with Gasteiger partial charge in [0, 0.05) is 17.3 Å². The molecule has 0 aromatic carbocycles. The Morgan fingerprint density at radius 3 is 2.74 bits per heavy atom. The number of hydrogen-bond donors (Lipinski definition) is 2. The highest BCUT2D eigenvalue weighted by atomic mass is 16.6. The fraction of sp³-hybridized carbons (Fsp3) is 0.800. The quantitative estimate of drug-likeness (QED) is 0.512. The minimum absolute atomic E-state index is 0.0441. The van der Waals surface area contributed by atoms with E-state index in [1.54, 1.807) is 0 Å². The molecule has 0 aromatic heterocycles. The van der Waals surface area contributed by atoms with Crippen molar-refractivity contribution in [2.24, 2.45) is 23.2 Å². The third-order valence-electron chi connectivity index (χ3n) is 5.80. The molecule has 19 heavy (non-hydrogen) atoms. The molecule has 1 heterocycles. The Balaban J connectivity index is 2.03. The van der Waals surface area contributed by atoms with Crippen LogP contribution < -0.4 is 0 Å². The summed E-state index contributed by atoms with van der Waals surface area (Å²) >= 11 is 0. The van der Waals surface area contributed by atoms with Crippen molar-refractivity contribution in [1.82, 2.24) is 0 Å². The van der Waals surface area contributed by atoms with E-state index < -0.39 is 17.6 Å². The first kappa shape index (κ1) is 13.1. The second-order valence-electron chi connectivity index (χ2n) is 6.66. The van der Waals surface area contributed by atoms with E-state index in [2.05, 4.69) is 6.58 Å². The average molecular weight is 266 g/mol. The van der Waals surface area contributed by atoms with Crippen molar-refractivity contribution in [1.29, 1.82) is 0 Å². The van der Waals surface area contributed by atoms with Gasteiger partial charge in [-0.25, -0.2) is 0 Å². The van der Waals surface area contributed by atoms with Gasteiger partial charge in [-0.3, -0.25) is 4.79 Å². The summed E-state index contributed by atoms with van der Waals surface area (Å²) in [5, 5.41) is 20.9. The van der Waals surface area contributed by atoms with Gasteiger partial charge >= 0.3 is 5.97 Å². The Kier molecular flexibility index (Phi) is 2.81. The molecule has 0 aromatic rings. The molecule has 4 heteroatoms. The zero-order chi connectivity index (χ0) is 13.9. The standard InChI is InChI=1S/C15H22O4/c1-7-4-5-10(16)15(3)11(17)6-9-8(2)14(18)19-13(9)12(7)15/h8-13,16-17H,1,4-6H2,2-3H3/t8-,9-,10+,11-,12+,13-,15+/m0/s1. The van der Waals surface area contributed by atoms with Crippen LogP contribution in [0.5, 0.6) is 0 Å². The fourth-order valence-corrected chi connectivity index (χ4v) is 4.40. The summed E-state index contributed by atoms with van der Waals surface area (Å²) in [6.07, 6.45) is 0.497. The van der Waals surface area contributed by atoms with E-state index in [0.29, 0.717) is 12.8 Å². The van der Waals surface area contributed by atoms with E-state index in [0.717, 1.165) is 12.0 Å². The zero-order valence-corrected chi connectivity index (χ0v) is 11.5. The second kappa shape index (κ2) is 4.06. The van der Waals surface area contributed by atoms with E-state index in [1.165, 1.54) is 0 Å². The number of ether oxygens (including phenoxy) is 1. The van der Waals surface area contributed by atoms with Gasteiger partial charge < -0.3 is 14.9 Å². The number of esters is 1. The number of carbonyl (C=O) groups excluding carboxylic acids is 1. The predicted octanol–water partition coefficient (Wildman–Crippen LogP) is 1.26. The van der Waals surface area contributed by atoms with Crippen LogP contribution in [0, 0.1) is 23.2 Å². The van der Waals surface area contributed by atoms with Crippen LogP contribution in [0.1, 0.15) is 33.1 Å². The van der Waals surface area contributed by atoms with Crippen LogP contribution in [-0.4, -0.2) is 34.5 Å². The summed E-state index contributed by atoms with van der Waals surface area (Å²) in [5.41, 5.74) is 0.365. The van der Waals surface area contributed by atoms with E-state index in [9.17, 15) is 15.0 Å². The topological polar surface area (TPSA) is 66.8 Å². The molecule has 4 nitrogen and oxygen atoms in total. The molecule has 0 radical (unpaired) electrons. The third-order valence-corrected chi connectivity index (χ3v) is 5.80. The highest BCUT2D eigenvalue weighted by Gasteiger charge is 2.62. The van der Waals surface area contributed by atoms with Gasteiger partial charge in [-0.15, -0.1) is 0 Å². The number of fused-ring (bicyclic) bond motifs is 3. The van der Waals surface area contributed by atoms with Crippen molar-refractivity contribution in [2.75, 3.05) is 0 Å². The summed E-state index contributed by atoms with van der Waals surface area (Å²) in [4.78, 5) is 11.8. The first-order valence-corrected chi connectivity index (χ1v) is 7.11. The molecule has 0 bridgehead atoms. The van der Waals surface area contributed by atoms with Crippen molar-refractivity contribution in [3.8, 4) is 0 Å². The minimum Gasteiger partial charge on any atom is -0.461 e. The van der Waals surface area contributed by atoms with Gasteiger partial charge in [-0.1, -0.05) is 26.0 Å². The van der Waals surface area contributed by atoms with Gasteiger partial charge in [0.05, 0.1) is 18.1 Å². The first-order chi connectivity index (χ1) is 8.87. The van der Waals surface area contributed by atoms with Crippen LogP contribution in [0.25, 0.3) is 0 Å². The molecule has 1 aliphatic heterocycles. The highest BCUT2D eigenvalue weighted by Crippen LogP contribution is 2.57. The third kappa shape index (κ3) is 1.56. The Bertz CT molecular complexity index is 432. The molecule has 3 aliphatic rings. The highest BCUT2D eigenvalue weighted by molar-refractivity contribution is 5.75. The molecule has 1 saturated heterocycles. The maximum absolute atomic E-state index is 11.8. The average Bonchev–Trinajstić information content (AvgIpc) is 2.62. The largest absolute Gasteiger partial charge is 0.461 e. The van der Waals surface area contributed by atoms with Gasteiger partial charge in [0.25, 0.3) is 0 Å². The van der Waals surface area contributed by atoms with Crippen molar-refractivity contribution in [2.45, 2.75) is 51.4 Å². The summed E-state index contributed by atoms with van der Waals surface area (Å²) < 4.78 is 5.56. The molecule has 2 N–H and O–H groups in total. The smallest absolute Gasteiger partial charge is 0.309 e. The molecular weight excluding hydrogens is 244 g/mol. The number of aliphatic hydroxyl groups is 2. The Labute approximate surface area is 113 Å². The van der Waals surface area contributed by atoms with Gasteiger partial charge in [-0.05, 0) is 19.3 Å². The normalized spacial score (nSPS) is 53.5. The Morgan fingerprint density at radius 1 is 1.37 bits per heavy atom. The molecule has 3 fully saturated rings. The summed E-state index contributed by atoms with van der Waals surface area (Å²) in [6, 6.07) is 0. The van der Waals surface area contributed by atoms with Crippen molar-refractivity contribution >= 4 is 5.97 Å². The first-order valence-electron chi connectivity index (χ1n) is 7.11. The fourth-order valence-electron chi connectivity index (χ4n) is 4.40. The lowest BCUT2D eigenvalue weighted by Gasteiger charge is -2.55. The molecule has 0 unspecified atom stereocenters. The lowest BCUT2D eigenvalue weighted by molar-refractivity contribution is -0.175. The van der Waals surface area contributed by atoms with Crippen LogP contribution in [0.4, 0.5) is 0 Å². The van der Waals surface area contributed by atoms with Gasteiger partial charge in [-0.2, -0.15) is 0 Å². The predicted molar refractivity (Wildman–Crippen MR) is 69.1 cm³/mol. The molecular formula is C15H22O4. The van der Waals surface area contributed by atoms with Gasteiger partial charge in [0.1, 0.15) is 6.10 Å². The van der Waals surface area contributed by atoms with E-state index in [4.69, 9.17) is 4.74 Å². The molecule has 2 aliphatic carbocycles. The van der Waals surface area contributed by atoms with Crippen LogP contribution in [0.3, 0.4) is 0 Å². The minimum atomic E-state index is -0.638. The SMILES string of the molecule is C=C1CC[C@@H](O)[C@@]2(C)[C@H]1[C@H]1OC(=O)[C@@H](C)[C@@H]1C[C@@H]2O. The van der Waals surface area contributed by atoms with Crippen LogP contribution >= 0.6 is 0 Å². The zero-order valence-electron chi connectivity index (χ0n) is 11.5. The molecule has 106 valence electrons. The lowest BCUT2D eigenvalue weighted by Crippen LogP contribution is -2.60. The number of hydrogen-bond acceptors (Lipinski definition) is 4. The maximum Gasteiger partial charge on any atom is 0.309 e. The summed E-state index contributed by atoms with van der Waals surface area (Å²) in [6.45, 7) is 7.88. The maximum atomic E-state index is 11.8. The summed E-state index contributed by atoms with van der Waals surface area (Å²) in [7, 11) is 0. The summed E-state index contributed by atoms with van der Waals surface area (Å²) in [5.74, 6) is -0.433. The van der Waals surface area contributed by atoms with Gasteiger partial charge in [0.15, 0.2) is 0 Å². The lowest BCUT2D eigenvalue weighted by atomic mass is 9.52. The second-order valence-corrected chi connectivity index (χ2v) is 6.66. The molecule has 0 spiro atoms. The number of carbonyl (C=O) groups is 1. The molecule has 2 saturated carbocycles. The molecule has 0 amide bonds. The Morgan fingerprint density at radius 2 is 2.05 bits per heavy atom. The van der Waals surface area contributed by atoms with Crippen molar-refractivity contribution < 1.29 is 19.7 Å². The van der Waals surface area contributed by atoms with E-state index in [-0.39, 0.29) is 29.8 Å². The van der Waals surface area contributed by atoms with Gasteiger partial charge in [0.2, 0.25) is 0 Å². The van der Waals surface area contributed by atoms with Crippen molar-refractivity contribution in [3.63, 3.8) is 0 Å². The number of aliphatic hydroxyl groups excluding tert-OH is 2. The van der Waals surface area contributed by atoms with Crippen LogP contribution in [-0.2, 0) is 9.53 Å². The monoisotopic (exact) mass is 266 g/mol. The van der Waals surface area contributed by atoms with Crippen molar-refractivity contribution in [3.05, 3.63) is 12.2 Å². The van der Waals surface area contributed by atoms with E-state index in [1.807, 2.05) is 13.8 Å².